The van der Waals surface area contributed by atoms with Gasteiger partial charge in [0.1, 0.15) is 0 Å². The second-order valence-electron chi connectivity index (χ2n) is 2.85. The molecule has 10 heavy (non-hydrogen) atoms. The van der Waals surface area contributed by atoms with E-state index in [2.05, 4.69) is 26.5 Å². The number of hydrogen-bond donors (Lipinski definition) is 0. The summed E-state index contributed by atoms with van der Waals surface area (Å²) < 4.78 is 0. The van der Waals surface area contributed by atoms with E-state index < -0.39 is 0 Å². The van der Waals surface area contributed by atoms with E-state index in [0.717, 1.165) is 6.42 Å². The van der Waals surface area contributed by atoms with Gasteiger partial charge in [0.2, 0.25) is 0 Å². The SMILES string of the molecule is C=CCCCCC=C(C)C. The molecule has 0 unspecified atom stereocenters. The van der Waals surface area contributed by atoms with Gasteiger partial charge >= 0.3 is 0 Å². The quantitative estimate of drug-likeness (QED) is 0.401. The maximum Gasteiger partial charge on any atom is -0.0348 e. The lowest BCUT2D eigenvalue weighted by Crippen LogP contribution is -1.72. The fraction of sp³-hybridized carbons (Fsp3) is 0.600. The first kappa shape index (κ1) is 9.48. The van der Waals surface area contributed by atoms with Crippen molar-refractivity contribution in [1.29, 1.82) is 0 Å². The summed E-state index contributed by atoms with van der Waals surface area (Å²) in [7, 11) is 0. The van der Waals surface area contributed by atoms with E-state index in [-0.39, 0.29) is 0 Å². The minimum Gasteiger partial charge on any atom is -0.103 e. The van der Waals surface area contributed by atoms with Gasteiger partial charge in [-0.25, -0.2) is 0 Å². The van der Waals surface area contributed by atoms with Gasteiger partial charge in [0.15, 0.2) is 0 Å². The number of hydrogen-bond acceptors (Lipinski definition) is 0. The summed E-state index contributed by atoms with van der Waals surface area (Å²) in [5, 5.41) is 0. The third-order valence-corrected chi connectivity index (χ3v) is 1.41. The minimum atomic E-state index is 1.16. The van der Waals surface area contributed by atoms with E-state index in [0.29, 0.717) is 0 Å². The molecule has 0 aliphatic heterocycles. The molecule has 0 aromatic rings. The molecule has 0 rings (SSSR count). The van der Waals surface area contributed by atoms with E-state index in [9.17, 15) is 0 Å². The van der Waals surface area contributed by atoms with Gasteiger partial charge in [-0.15, -0.1) is 6.58 Å². The van der Waals surface area contributed by atoms with Crippen LogP contribution in [0.25, 0.3) is 0 Å². The highest BCUT2D eigenvalue weighted by molar-refractivity contribution is 4.92. The Morgan fingerprint density at radius 1 is 1.20 bits per heavy atom. The molecule has 0 heteroatoms. The zero-order chi connectivity index (χ0) is 7.82. The van der Waals surface area contributed by atoms with Crippen LogP contribution in [-0.4, -0.2) is 0 Å². The Morgan fingerprint density at radius 2 is 1.80 bits per heavy atom. The van der Waals surface area contributed by atoms with Crippen molar-refractivity contribution >= 4 is 0 Å². The molecule has 0 amide bonds. The van der Waals surface area contributed by atoms with Crippen LogP contribution < -0.4 is 0 Å². The lowest BCUT2D eigenvalue weighted by molar-refractivity contribution is 0.760. The van der Waals surface area contributed by atoms with Gasteiger partial charge in [-0.3, -0.25) is 0 Å². The molecule has 58 valence electrons. The lowest BCUT2D eigenvalue weighted by Gasteiger charge is -1.92. The van der Waals surface area contributed by atoms with Crippen molar-refractivity contribution in [3.8, 4) is 0 Å². The fourth-order valence-corrected chi connectivity index (χ4v) is 0.824. The van der Waals surface area contributed by atoms with E-state index >= 15 is 0 Å². The van der Waals surface area contributed by atoms with Crippen molar-refractivity contribution in [2.45, 2.75) is 39.5 Å². The molecule has 0 spiro atoms. The topological polar surface area (TPSA) is 0 Å². The monoisotopic (exact) mass is 138 g/mol. The molecular weight excluding hydrogens is 120 g/mol. The molecule has 0 bridgehead atoms. The maximum atomic E-state index is 3.68. The van der Waals surface area contributed by atoms with Crippen molar-refractivity contribution in [3.63, 3.8) is 0 Å². The van der Waals surface area contributed by atoms with Gasteiger partial charge < -0.3 is 0 Å². The van der Waals surface area contributed by atoms with Gasteiger partial charge in [-0.05, 0) is 39.5 Å². The van der Waals surface area contributed by atoms with Crippen LogP contribution in [0.4, 0.5) is 0 Å². The molecule has 0 radical (unpaired) electrons. The first-order valence-electron chi connectivity index (χ1n) is 4.01. The zero-order valence-electron chi connectivity index (χ0n) is 7.19. The third kappa shape index (κ3) is 7.48. The van der Waals surface area contributed by atoms with E-state index in [4.69, 9.17) is 0 Å². The Labute approximate surface area is 64.6 Å². The molecule has 0 heterocycles. The standard InChI is InChI=1S/C10H18/c1-4-5-6-7-8-9-10(2)3/h4,9H,1,5-8H2,2-3H3. The lowest BCUT2D eigenvalue weighted by atomic mass is 10.1. The summed E-state index contributed by atoms with van der Waals surface area (Å²) >= 11 is 0. The largest absolute Gasteiger partial charge is 0.103 e. The summed E-state index contributed by atoms with van der Waals surface area (Å²) in [6, 6.07) is 0. The molecule has 0 N–H and O–H groups in total. The van der Waals surface area contributed by atoms with Gasteiger partial charge in [0, 0.05) is 0 Å². The highest BCUT2D eigenvalue weighted by atomic mass is 13.9. The highest BCUT2D eigenvalue weighted by Crippen LogP contribution is 2.02. The Morgan fingerprint density at radius 3 is 2.30 bits per heavy atom. The van der Waals surface area contributed by atoms with Gasteiger partial charge in [0.25, 0.3) is 0 Å². The summed E-state index contributed by atoms with van der Waals surface area (Å²) in [6.45, 7) is 7.97. The molecule has 0 aromatic heterocycles. The predicted octanol–water partition coefficient (Wildman–Crippen LogP) is 3.70. The van der Waals surface area contributed by atoms with E-state index in [1.165, 1.54) is 24.8 Å². The van der Waals surface area contributed by atoms with Gasteiger partial charge in [-0.1, -0.05) is 17.7 Å². The van der Waals surface area contributed by atoms with Crippen LogP contribution in [0, 0.1) is 0 Å². The summed E-state index contributed by atoms with van der Waals surface area (Å²) in [5.74, 6) is 0. The van der Waals surface area contributed by atoms with Gasteiger partial charge in [0.05, 0.1) is 0 Å². The van der Waals surface area contributed by atoms with E-state index in [1.807, 2.05) is 6.08 Å². The molecule has 0 fully saturated rings. The summed E-state index contributed by atoms with van der Waals surface area (Å²) in [5.41, 5.74) is 1.43. The number of rotatable bonds is 5. The Kier molecular flexibility index (Phi) is 6.25. The molecule has 0 aromatic carbocycles. The van der Waals surface area contributed by atoms with Crippen LogP contribution in [0.2, 0.25) is 0 Å². The average molecular weight is 138 g/mol. The van der Waals surface area contributed by atoms with Crippen LogP contribution in [0.3, 0.4) is 0 Å². The smallest absolute Gasteiger partial charge is 0.0348 e. The molecular formula is C10H18. The second kappa shape index (κ2) is 6.60. The van der Waals surface area contributed by atoms with Crippen LogP contribution in [0.15, 0.2) is 24.3 Å². The predicted molar refractivity (Wildman–Crippen MR) is 48.1 cm³/mol. The van der Waals surface area contributed by atoms with Crippen molar-refractivity contribution in [1.82, 2.24) is 0 Å². The van der Waals surface area contributed by atoms with Crippen LogP contribution in [0.5, 0.6) is 0 Å². The fourth-order valence-electron chi connectivity index (χ4n) is 0.824. The molecule has 0 aliphatic carbocycles. The molecule has 0 saturated heterocycles. The van der Waals surface area contributed by atoms with Crippen molar-refractivity contribution in [2.24, 2.45) is 0 Å². The van der Waals surface area contributed by atoms with E-state index in [1.54, 1.807) is 0 Å². The Hall–Kier alpha value is -0.520. The zero-order valence-corrected chi connectivity index (χ0v) is 7.19. The first-order valence-corrected chi connectivity index (χ1v) is 4.01. The van der Waals surface area contributed by atoms with Crippen molar-refractivity contribution in [2.75, 3.05) is 0 Å². The molecule has 0 nitrogen and oxygen atoms in total. The highest BCUT2D eigenvalue weighted by Gasteiger charge is 1.82. The normalized spacial score (nSPS) is 9.00. The van der Waals surface area contributed by atoms with Crippen molar-refractivity contribution in [3.05, 3.63) is 24.3 Å². The summed E-state index contributed by atoms with van der Waals surface area (Å²) in [6.07, 6.45) is 9.27. The number of allylic oxidation sites excluding steroid dienone is 3. The summed E-state index contributed by atoms with van der Waals surface area (Å²) in [4.78, 5) is 0. The number of unbranched alkanes of at least 4 members (excludes halogenated alkanes) is 3. The van der Waals surface area contributed by atoms with Gasteiger partial charge in [-0.2, -0.15) is 0 Å². The Balaban J connectivity index is 3.05. The van der Waals surface area contributed by atoms with Crippen molar-refractivity contribution < 1.29 is 0 Å². The minimum absolute atomic E-state index is 1.16. The van der Waals surface area contributed by atoms with Crippen LogP contribution in [-0.2, 0) is 0 Å². The Bertz CT molecular complexity index is 105. The first-order chi connectivity index (χ1) is 4.77. The maximum absolute atomic E-state index is 3.68. The average Bonchev–Trinajstić information content (AvgIpc) is 1.87. The third-order valence-electron chi connectivity index (χ3n) is 1.41. The van der Waals surface area contributed by atoms with Crippen LogP contribution >= 0.6 is 0 Å². The molecule has 0 atom stereocenters. The van der Waals surface area contributed by atoms with Crippen LogP contribution in [0.1, 0.15) is 39.5 Å². The molecule has 0 aliphatic rings. The second-order valence-corrected chi connectivity index (χ2v) is 2.85. The molecule has 0 saturated carbocycles.